The van der Waals surface area contributed by atoms with Gasteiger partial charge in [0, 0.05) is 5.56 Å². The Kier molecular flexibility index (Phi) is 5.27. The molecule has 0 spiro atoms. The summed E-state index contributed by atoms with van der Waals surface area (Å²) in [5.41, 5.74) is -5.41. The van der Waals surface area contributed by atoms with Gasteiger partial charge in [-0.3, -0.25) is 4.79 Å². The number of ketones is 1. The maximum Gasteiger partial charge on any atom is 0.437 e. The van der Waals surface area contributed by atoms with Gasteiger partial charge >= 0.3 is 18.4 Å². The van der Waals surface area contributed by atoms with Crippen LogP contribution in [0, 0.1) is 5.92 Å². The molecule has 160 valence electrons. The minimum atomic E-state index is -5.45. The fourth-order valence-electron chi connectivity index (χ4n) is 3.28. The van der Waals surface area contributed by atoms with Gasteiger partial charge in [-0.25, -0.2) is 4.79 Å². The lowest BCUT2D eigenvalue weighted by Gasteiger charge is -2.45. The highest BCUT2D eigenvalue weighted by Gasteiger charge is 2.66. The smallest absolute Gasteiger partial charge is 0.363 e. The van der Waals surface area contributed by atoms with Crippen molar-refractivity contribution in [2.24, 2.45) is 5.92 Å². The molecule has 5 nitrogen and oxygen atoms in total. The van der Waals surface area contributed by atoms with Crippen molar-refractivity contribution >= 4 is 11.8 Å². The molecule has 0 aliphatic carbocycles. The first-order chi connectivity index (χ1) is 13.8. The van der Waals surface area contributed by atoms with Crippen molar-refractivity contribution in [1.82, 2.24) is 10.6 Å². The van der Waals surface area contributed by atoms with Crippen molar-refractivity contribution < 1.29 is 41.0 Å². The molecular formula is C19H14F6N2O3. The molecule has 2 aromatic rings. The SMILES string of the molecule is O=C1N[C@H](c2ccc(C(F)(F)F)cc2)[C@H](C(=O)c2ccccc2)[C@@](O)(C(F)(F)F)N1. The van der Waals surface area contributed by atoms with Crippen molar-refractivity contribution in [3.63, 3.8) is 0 Å². The fourth-order valence-corrected chi connectivity index (χ4v) is 3.28. The molecule has 30 heavy (non-hydrogen) atoms. The summed E-state index contributed by atoms with van der Waals surface area (Å²) in [5.74, 6) is -3.47. The molecule has 1 aliphatic heterocycles. The van der Waals surface area contributed by atoms with Crippen LogP contribution >= 0.6 is 0 Å². The minimum absolute atomic E-state index is 0.181. The van der Waals surface area contributed by atoms with E-state index >= 15 is 0 Å². The van der Waals surface area contributed by atoms with Gasteiger partial charge in [-0.1, -0.05) is 42.5 Å². The van der Waals surface area contributed by atoms with E-state index in [2.05, 4.69) is 5.32 Å². The standard InChI is InChI=1S/C19H14F6N2O3/c20-18(21,22)12-8-6-10(7-9-12)14-13(15(28)11-4-2-1-3-5-11)17(30,19(23,24)25)27-16(29)26-14/h1-9,13-14,30H,(H2,26,27,29)/t13-,14-,17-/m1/s1. The van der Waals surface area contributed by atoms with Crippen LogP contribution < -0.4 is 10.6 Å². The third-order valence-corrected chi connectivity index (χ3v) is 4.74. The predicted octanol–water partition coefficient (Wildman–Crippen LogP) is 3.81. The zero-order valence-electron chi connectivity index (χ0n) is 14.9. The zero-order chi connectivity index (χ0) is 22.3. The first-order valence-corrected chi connectivity index (χ1v) is 8.49. The summed E-state index contributed by atoms with van der Waals surface area (Å²) < 4.78 is 79.6. The molecule has 0 radical (unpaired) electrons. The van der Waals surface area contributed by atoms with E-state index in [0.717, 1.165) is 12.1 Å². The number of alkyl halides is 6. The van der Waals surface area contributed by atoms with Crippen LogP contribution in [-0.4, -0.2) is 28.8 Å². The molecule has 0 saturated carbocycles. The highest BCUT2D eigenvalue weighted by Crippen LogP contribution is 2.44. The van der Waals surface area contributed by atoms with Crippen LogP contribution in [-0.2, 0) is 6.18 Å². The van der Waals surface area contributed by atoms with E-state index in [1.54, 1.807) is 0 Å². The van der Waals surface area contributed by atoms with Gasteiger partial charge in [0.15, 0.2) is 5.78 Å². The Bertz CT molecular complexity index is 943. The number of rotatable bonds is 3. The van der Waals surface area contributed by atoms with E-state index in [-0.39, 0.29) is 11.1 Å². The van der Waals surface area contributed by atoms with Crippen LogP contribution in [0.2, 0.25) is 0 Å². The van der Waals surface area contributed by atoms with Gasteiger partial charge in [0.05, 0.1) is 11.6 Å². The average molecular weight is 432 g/mol. The number of aliphatic hydroxyl groups is 1. The first-order valence-electron chi connectivity index (χ1n) is 8.49. The molecule has 1 saturated heterocycles. The number of carbonyl (C=O) groups is 2. The highest BCUT2D eigenvalue weighted by molar-refractivity contribution is 6.00. The zero-order valence-corrected chi connectivity index (χ0v) is 14.9. The summed E-state index contributed by atoms with van der Waals surface area (Å²) in [4.78, 5) is 24.8. The van der Waals surface area contributed by atoms with Gasteiger partial charge in [0.25, 0.3) is 0 Å². The number of urea groups is 1. The maximum absolute atomic E-state index is 13.7. The van der Waals surface area contributed by atoms with E-state index in [1.807, 2.05) is 0 Å². The second kappa shape index (κ2) is 7.31. The van der Waals surface area contributed by atoms with Gasteiger partial charge in [0.2, 0.25) is 5.72 Å². The molecule has 0 aromatic heterocycles. The van der Waals surface area contributed by atoms with Gasteiger partial charge in [0.1, 0.15) is 5.92 Å². The summed E-state index contributed by atoms with van der Waals surface area (Å²) in [5, 5.41) is 13.8. The molecule has 3 rings (SSSR count). The number of Topliss-reactive ketones (excluding diaryl/α,β-unsaturated/α-hetero) is 1. The normalized spacial score (nSPS) is 24.7. The van der Waals surface area contributed by atoms with Crippen LogP contribution in [0.3, 0.4) is 0 Å². The molecular weight excluding hydrogens is 418 g/mol. The molecule has 1 fully saturated rings. The van der Waals surface area contributed by atoms with Crippen molar-refractivity contribution in [2.45, 2.75) is 24.1 Å². The quantitative estimate of drug-likeness (QED) is 0.510. The molecule has 3 N–H and O–H groups in total. The van der Waals surface area contributed by atoms with Crippen LogP contribution in [0.1, 0.15) is 27.5 Å². The molecule has 2 aromatic carbocycles. The molecule has 3 atom stereocenters. The number of amides is 2. The van der Waals surface area contributed by atoms with Gasteiger partial charge in [-0.2, -0.15) is 26.3 Å². The van der Waals surface area contributed by atoms with Gasteiger partial charge < -0.3 is 15.7 Å². The van der Waals surface area contributed by atoms with Crippen LogP contribution in [0.5, 0.6) is 0 Å². The number of halogens is 6. The minimum Gasteiger partial charge on any atom is -0.363 e. The van der Waals surface area contributed by atoms with Gasteiger partial charge in [-0.05, 0) is 17.7 Å². The summed E-state index contributed by atoms with van der Waals surface area (Å²) in [6.45, 7) is 0. The third-order valence-electron chi connectivity index (χ3n) is 4.74. The first kappa shape index (κ1) is 21.6. The molecule has 11 heteroatoms. The summed E-state index contributed by atoms with van der Waals surface area (Å²) in [6, 6.07) is 6.48. The number of hydrogen-bond donors (Lipinski definition) is 3. The Morgan fingerprint density at radius 1 is 0.933 bits per heavy atom. The molecule has 0 unspecified atom stereocenters. The third kappa shape index (κ3) is 3.84. The molecule has 0 bridgehead atoms. The Hall–Kier alpha value is -3.08. The van der Waals surface area contributed by atoms with Crippen molar-refractivity contribution in [3.05, 3.63) is 71.3 Å². The van der Waals surface area contributed by atoms with Crippen molar-refractivity contribution in [3.8, 4) is 0 Å². The van der Waals surface area contributed by atoms with Crippen LogP contribution in [0.15, 0.2) is 54.6 Å². The Morgan fingerprint density at radius 2 is 1.50 bits per heavy atom. The van der Waals surface area contributed by atoms with E-state index < -0.39 is 47.4 Å². The van der Waals surface area contributed by atoms with Crippen LogP contribution in [0.4, 0.5) is 31.1 Å². The number of nitrogens with one attached hydrogen (secondary N) is 2. The molecule has 2 amide bonds. The Morgan fingerprint density at radius 3 is 2.00 bits per heavy atom. The molecule has 1 heterocycles. The van der Waals surface area contributed by atoms with E-state index in [9.17, 15) is 41.0 Å². The largest absolute Gasteiger partial charge is 0.437 e. The highest BCUT2D eigenvalue weighted by atomic mass is 19.4. The Balaban J connectivity index is 2.13. The summed E-state index contributed by atoms with van der Waals surface area (Å²) in [7, 11) is 0. The lowest BCUT2D eigenvalue weighted by Crippen LogP contribution is -2.72. The van der Waals surface area contributed by atoms with E-state index in [4.69, 9.17) is 0 Å². The van der Waals surface area contributed by atoms with Crippen molar-refractivity contribution in [2.75, 3.05) is 0 Å². The number of benzene rings is 2. The predicted molar refractivity (Wildman–Crippen MR) is 91.1 cm³/mol. The van der Waals surface area contributed by atoms with E-state index in [1.165, 1.54) is 35.6 Å². The second-order valence-electron chi connectivity index (χ2n) is 6.67. The second-order valence-corrected chi connectivity index (χ2v) is 6.67. The summed E-state index contributed by atoms with van der Waals surface area (Å²) in [6.07, 6.45) is -10.1. The lowest BCUT2D eigenvalue weighted by atomic mass is 9.77. The average Bonchev–Trinajstić information content (AvgIpc) is 2.66. The summed E-state index contributed by atoms with van der Waals surface area (Å²) >= 11 is 0. The fraction of sp³-hybridized carbons (Fsp3) is 0.263. The Labute approximate surface area is 165 Å². The van der Waals surface area contributed by atoms with E-state index in [0.29, 0.717) is 12.1 Å². The van der Waals surface area contributed by atoms with Gasteiger partial charge in [-0.15, -0.1) is 0 Å². The number of carbonyl (C=O) groups excluding carboxylic acids is 2. The lowest BCUT2D eigenvalue weighted by molar-refractivity contribution is -0.287. The molecule has 1 aliphatic rings. The monoisotopic (exact) mass is 432 g/mol. The number of hydrogen-bond acceptors (Lipinski definition) is 3. The van der Waals surface area contributed by atoms with Crippen LogP contribution in [0.25, 0.3) is 0 Å². The van der Waals surface area contributed by atoms with Crippen molar-refractivity contribution in [1.29, 1.82) is 0 Å². The topological polar surface area (TPSA) is 78.4 Å². The maximum atomic E-state index is 13.7.